The fourth-order valence-electron chi connectivity index (χ4n) is 2.64. The molecule has 3 aromatic carbocycles. The van der Waals surface area contributed by atoms with E-state index in [-0.39, 0.29) is 11.7 Å². The molecule has 27 heavy (non-hydrogen) atoms. The number of amides is 1. The van der Waals surface area contributed by atoms with Gasteiger partial charge in [0.05, 0.1) is 0 Å². The number of hydrogen-bond donors (Lipinski definition) is 2. The van der Waals surface area contributed by atoms with Crippen molar-refractivity contribution in [2.75, 3.05) is 18.5 Å². The van der Waals surface area contributed by atoms with Crippen molar-refractivity contribution in [3.05, 3.63) is 96.3 Å². The first-order valence-electron chi connectivity index (χ1n) is 8.75. The van der Waals surface area contributed by atoms with Gasteiger partial charge in [-0.1, -0.05) is 48.5 Å². The van der Waals surface area contributed by atoms with E-state index in [4.69, 9.17) is 4.74 Å². The van der Waals surface area contributed by atoms with E-state index in [0.717, 1.165) is 11.3 Å². The van der Waals surface area contributed by atoms with Crippen LogP contribution in [0.15, 0.2) is 84.9 Å². The zero-order valence-corrected chi connectivity index (χ0v) is 14.8. The second kappa shape index (κ2) is 9.50. The number of benzene rings is 3. The average molecular weight is 364 g/mol. The molecule has 0 aliphatic heterocycles. The van der Waals surface area contributed by atoms with E-state index in [9.17, 15) is 9.18 Å². The predicted molar refractivity (Wildman–Crippen MR) is 104 cm³/mol. The molecule has 138 valence electrons. The third-order valence-corrected chi connectivity index (χ3v) is 3.97. The van der Waals surface area contributed by atoms with E-state index < -0.39 is 6.04 Å². The standard InChI is InChI=1S/C22H21FN2O2/c23-18-11-13-19(14-12-18)25-22(26)21(17-7-3-1-4-8-17)24-15-16-27-20-9-5-2-6-10-20/h1-14,21,24H,15-16H2,(H,25,26)/t21-/m0/s1. The van der Waals surface area contributed by atoms with E-state index >= 15 is 0 Å². The van der Waals surface area contributed by atoms with Gasteiger partial charge in [-0.25, -0.2) is 4.39 Å². The van der Waals surface area contributed by atoms with E-state index in [2.05, 4.69) is 10.6 Å². The lowest BCUT2D eigenvalue weighted by molar-refractivity contribution is -0.118. The van der Waals surface area contributed by atoms with Gasteiger partial charge in [0, 0.05) is 12.2 Å². The summed E-state index contributed by atoms with van der Waals surface area (Å²) in [6.07, 6.45) is 0. The van der Waals surface area contributed by atoms with Gasteiger partial charge >= 0.3 is 0 Å². The van der Waals surface area contributed by atoms with Gasteiger partial charge in [-0.15, -0.1) is 0 Å². The summed E-state index contributed by atoms with van der Waals surface area (Å²) in [4.78, 5) is 12.8. The molecule has 3 rings (SSSR count). The first kappa shape index (κ1) is 18.6. The monoisotopic (exact) mass is 364 g/mol. The number of carbonyl (C=O) groups excluding carboxylic acids is 1. The van der Waals surface area contributed by atoms with Gasteiger partial charge in [0.15, 0.2) is 0 Å². The summed E-state index contributed by atoms with van der Waals surface area (Å²) in [7, 11) is 0. The van der Waals surface area contributed by atoms with Gasteiger partial charge in [-0.05, 0) is 42.0 Å². The molecule has 0 aromatic heterocycles. The summed E-state index contributed by atoms with van der Waals surface area (Å²) < 4.78 is 18.7. The maximum Gasteiger partial charge on any atom is 0.246 e. The maximum atomic E-state index is 13.1. The number of nitrogens with one attached hydrogen (secondary N) is 2. The summed E-state index contributed by atoms with van der Waals surface area (Å²) in [5, 5.41) is 6.04. The van der Waals surface area contributed by atoms with Crippen molar-refractivity contribution < 1.29 is 13.9 Å². The van der Waals surface area contributed by atoms with Crippen LogP contribution in [0.2, 0.25) is 0 Å². The van der Waals surface area contributed by atoms with Crippen molar-refractivity contribution >= 4 is 11.6 Å². The third-order valence-electron chi connectivity index (χ3n) is 3.97. The van der Waals surface area contributed by atoms with Gasteiger partial charge in [0.25, 0.3) is 0 Å². The minimum Gasteiger partial charge on any atom is -0.492 e. The lowest BCUT2D eigenvalue weighted by atomic mass is 10.1. The van der Waals surface area contributed by atoms with Crippen LogP contribution in [0.25, 0.3) is 0 Å². The number of para-hydroxylation sites is 1. The summed E-state index contributed by atoms with van der Waals surface area (Å²) in [6.45, 7) is 0.919. The van der Waals surface area contributed by atoms with Crippen LogP contribution in [0.3, 0.4) is 0 Å². The highest BCUT2D eigenvalue weighted by Crippen LogP contribution is 2.16. The molecular weight excluding hydrogens is 343 g/mol. The van der Waals surface area contributed by atoms with Crippen LogP contribution < -0.4 is 15.4 Å². The maximum absolute atomic E-state index is 13.1. The summed E-state index contributed by atoms with van der Waals surface area (Å²) >= 11 is 0. The quantitative estimate of drug-likeness (QED) is 0.590. The third kappa shape index (κ3) is 5.66. The molecule has 2 N–H and O–H groups in total. The summed E-state index contributed by atoms with van der Waals surface area (Å²) in [5.41, 5.74) is 1.39. The number of halogens is 1. The van der Waals surface area contributed by atoms with Gasteiger partial charge in [0.2, 0.25) is 5.91 Å². The predicted octanol–water partition coefficient (Wildman–Crippen LogP) is 4.17. The number of hydrogen-bond acceptors (Lipinski definition) is 3. The van der Waals surface area contributed by atoms with E-state index in [1.807, 2.05) is 60.7 Å². The van der Waals surface area contributed by atoms with Gasteiger partial charge in [-0.3, -0.25) is 10.1 Å². The Morgan fingerprint density at radius 1 is 0.889 bits per heavy atom. The van der Waals surface area contributed by atoms with Gasteiger partial charge < -0.3 is 10.1 Å². The van der Waals surface area contributed by atoms with Crippen molar-refractivity contribution in [2.45, 2.75) is 6.04 Å². The Kier molecular flexibility index (Phi) is 6.55. The van der Waals surface area contributed by atoms with Crippen molar-refractivity contribution in [1.82, 2.24) is 5.32 Å². The number of ether oxygens (including phenoxy) is 1. The fourth-order valence-corrected chi connectivity index (χ4v) is 2.64. The molecule has 0 spiro atoms. The first-order valence-corrected chi connectivity index (χ1v) is 8.75. The van der Waals surface area contributed by atoms with E-state index in [1.54, 1.807) is 0 Å². The molecule has 0 aliphatic carbocycles. The van der Waals surface area contributed by atoms with Crippen molar-refractivity contribution in [3.63, 3.8) is 0 Å². The highest BCUT2D eigenvalue weighted by Gasteiger charge is 2.20. The van der Waals surface area contributed by atoms with Gasteiger partial charge in [-0.2, -0.15) is 0 Å². The molecule has 0 bridgehead atoms. The Morgan fingerprint density at radius 2 is 1.52 bits per heavy atom. The molecule has 0 aliphatic rings. The Bertz CT molecular complexity index is 839. The Balaban J connectivity index is 1.62. The molecule has 4 nitrogen and oxygen atoms in total. The molecule has 3 aromatic rings. The zero-order valence-electron chi connectivity index (χ0n) is 14.8. The summed E-state index contributed by atoms with van der Waals surface area (Å²) in [6, 6.07) is 24.1. The number of carbonyl (C=O) groups is 1. The van der Waals surface area contributed by atoms with Crippen LogP contribution in [0, 0.1) is 5.82 Å². The molecule has 0 radical (unpaired) electrons. The Labute approximate surface area is 158 Å². The molecule has 0 saturated heterocycles. The van der Waals surface area contributed by atoms with Crippen molar-refractivity contribution in [2.24, 2.45) is 0 Å². The smallest absolute Gasteiger partial charge is 0.246 e. The highest BCUT2D eigenvalue weighted by molar-refractivity contribution is 5.95. The molecule has 1 atom stereocenters. The molecule has 0 saturated carbocycles. The van der Waals surface area contributed by atoms with Crippen LogP contribution in [0.5, 0.6) is 5.75 Å². The van der Waals surface area contributed by atoms with Crippen LogP contribution in [-0.2, 0) is 4.79 Å². The molecule has 0 unspecified atom stereocenters. The molecule has 1 amide bonds. The molecule has 0 heterocycles. The van der Waals surface area contributed by atoms with Crippen molar-refractivity contribution in [3.8, 4) is 5.75 Å². The van der Waals surface area contributed by atoms with Crippen LogP contribution >= 0.6 is 0 Å². The zero-order chi connectivity index (χ0) is 18.9. The number of anilines is 1. The topological polar surface area (TPSA) is 50.4 Å². The summed E-state index contributed by atoms with van der Waals surface area (Å²) in [5.74, 6) is 0.225. The van der Waals surface area contributed by atoms with E-state index in [0.29, 0.717) is 18.8 Å². The normalized spacial score (nSPS) is 11.6. The average Bonchev–Trinajstić information content (AvgIpc) is 2.71. The number of rotatable bonds is 8. The SMILES string of the molecule is O=C(Nc1ccc(F)cc1)[C@@H](NCCOc1ccccc1)c1ccccc1. The van der Waals surface area contributed by atoms with Crippen LogP contribution in [0.1, 0.15) is 11.6 Å². The molecular formula is C22H21FN2O2. The Hall–Kier alpha value is -3.18. The lowest BCUT2D eigenvalue weighted by Crippen LogP contribution is -2.35. The molecule has 0 fully saturated rings. The van der Waals surface area contributed by atoms with Crippen LogP contribution in [0.4, 0.5) is 10.1 Å². The van der Waals surface area contributed by atoms with Crippen LogP contribution in [-0.4, -0.2) is 19.1 Å². The fraction of sp³-hybridized carbons (Fsp3) is 0.136. The minimum absolute atomic E-state index is 0.215. The van der Waals surface area contributed by atoms with Gasteiger partial charge in [0.1, 0.15) is 24.2 Å². The van der Waals surface area contributed by atoms with Crippen molar-refractivity contribution in [1.29, 1.82) is 0 Å². The second-order valence-electron chi connectivity index (χ2n) is 5.96. The lowest BCUT2D eigenvalue weighted by Gasteiger charge is -2.19. The van der Waals surface area contributed by atoms with E-state index in [1.165, 1.54) is 24.3 Å². The Morgan fingerprint density at radius 3 is 2.19 bits per heavy atom. The first-order chi connectivity index (χ1) is 13.2. The largest absolute Gasteiger partial charge is 0.492 e. The second-order valence-corrected chi connectivity index (χ2v) is 5.96. The minimum atomic E-state index is -0.546. The highest BCUT2D eigenvalue weighted by atomic mass is 19.1. The molecule has 5 heteroatoms.